The third kappa shape index (κ3) is 5.82. The van der Waals surface area contributed by atoms with Crippen molar-refractivity contribution in [1.82, 2.24) is 0 Å². The van der Waals surface area contributed by atoms with Gasteiger partial charge in [0.25, 0.3) is 5.91 Å². The summed E-state index contributed by atoms with van der Waals surface area (Å²) < 4.78 is 10.6. The van der Waals surface area contributed by atoms with E-state index in [1.165, 1.54) is 13.2 Å². The van der Waals surface area contributed by atoms with E-state index in [-0.39, 0.29) is 12.2 Å². The number of halogens is 1. The standard InChI is InChI=1S/C21H19IN2O4/c1-13-4-6-17(8-14(13)2)24-21(26)16(11-23)9-15-5-7-19(18(22)10-15)28-12-20(25)27-3/h4-10H,12H2,1-3H3,(H,24,26)/b16-9+. The smallest absolute Gasteiger partial charge is 0.343 e. The monoisotopic (exact) mass is 490 g/mol. The molecule has 144 valence electrons. The predicted octanol–water partition coefficient (Wildman–Crippen LogP) is 4.01. The van der Waals surface area contributed by atoms with E-state index in [9.17, 15) is 14.9 Å². The number of esters is 1. The van der Waals surface area contributed by atoms with Crippen LogP contribution in [-0.4, -0.2) is 25.6 Å². The summed E-state index contributed by atoms with van der Waals surface area (Å²) in [5.74, 6) is -0.442. The van der Waals surface area contributed by atoms with Gasteiger partial charge in [-0.05, 0) is 83.5 Å². The number of hydrogen-bond donors (Lipinski definition) is 1. The predicted molar refractivity (Wildman–Crippen MR) is 115 cm³/mol. The molecule has 0 aliphatic heterocycles. The second-order valence-corrected chi connectivity index (χ2v) is 7.14. The maximum atomic E-state index is 12.4. The van der Waals surface area contributed by atoms with Crippen molar-refractivity contribution in [2.75, 3.05) is 19.0 Å². The maximum absolute atomic E-state index is 12.4. The average molecular weight is 490 g/mol. The van der Waals surface area contributed by atoms with E-state index in [1.807, 2.05) is 32.0 Å². The van der Waals surface area contributed by atoms with E-state index in [2.05, 4.69) is 32.6 Å². The third-order valence-corrected chi connectivity index (χ3v) is 4.81. The molecule has 0 aromatic heterocycles. The number of amides is 1. The fourth-order valence-corrected chi connectivity index (χ4v) is 2.95. The first-order valence-electron chi connectivity index (χ1n) is 8.33. The second kappa shape index (κ2) is 9.90. The van der Waals surface area contributed by atoms with Gasteiger partial charge in [-0.1, -0.05) is 12.1 Å². The van der Waals surface area contributed by atoms with Crippen LogP contribution >= 0.6 is 22.6 Å². The molecule has 2 rings (SSSR count). The fourth-order valence-electron chi connectivity index (χ4n) is 2.25. The summed E-state index contributed by atoms with van der Waals surface area (Å²) in [6.45, 7) is 3.75. The van der Waals surface area contributed by atoms with Crippen LogP contribution in [0.1, 0.15) is 16.7 Å². The summed E-state index contributed by atoms with van der Waals surface area (Å²) in [7, 11) is 1.29. The Morgan fingerprint density at radius 1 is 1.18 bits per heavy atom. The Morgan fingerprint density at radius 2 is 1.93 bits per heavy atom. The molecule has 2 aromatic rings. The van der Waals surface area contributed by atoms with Crippen LogP contribution < -0.4 is 10.1 Å². The lowest BCUT2D eigenvalue weighted by molar-refractivity contribution is -0.142. The van der Waals surface area contributed by atoms with E-state index in [0.717, 1.165) is 14.7 Å². The number of nitriles is 1. The molecular weight excluding hydrogens is 471 g/mol. The molecule has 0 radical (unpaired) electrons. The van der Waals surface area contributed by atoms with Gasteiger partial charge in [0.05, 0.1) is 10.7 Å². The zero-order chi connectivity index (χ0) is 20.7. The lowest BCUT2D eigenvalue weighted by Crippen LogP contribution is -2.14. The first kappa shape index (κ1) is 21.4. The van der Waals surface area contributed by atoms with E-state index < -0.39 is 11.9 Å². The van der Waals surface area contributed by atoms with Crippen LogP contribution in [0.15, 0.2) is 42.0 Å². The molecular formula is C21H19IN2O4. The molecule has 0 saturated carbocycles. The van der Waals surface area contributed by atoms with Crippen molar-refractivity contribution in [1.29, 1.82) is 5.26 Å². The topological polar surface area (TPSA) is 88.4 Å². The molecule has 6 nitrogen and oxygen atoms in total. The highest BCUT2D eigenvalue weighted by molar-refractivity contribution is 14.1. The number of rotatable bonds is 6. The molecule has 0 saturated heterocycles. The van der Waals surface area contributed by atoms with E-state index in [0.29, 0.717) is 17.0 Å². The summed E-state index contributed by atoms with van der Waals surface area (Å²) in [5, 5.41) is 12.1. The highest BCUT2D eigenvalue weighted by Gasteiger charge is 2.11. The minimum atomic E-state index is -0.480. The highest BCUT2D eigenvalue weighted by Crippen LogP contribution is 2.24. The van der Waals surface area contributed by atoms with Crippen LogP contribution in [0.5, 0.6) is 5.75 Å². The summed E-state index contributed by atoms with van der Waals surface area (Å²) in [5.41, 5.74) is 3.46. The van der Waals surface area contributed by atoms with E-state index in [1.54, 1.807) is 24.3 Å². The third-order valence-electron chi connectivity index (χ3n) is 3.97. The van der Waals surface area contributed by atoms with Crippen LogP contribution in [0.4, 0.5) is 5.69 Å². The number of nitrogens with zero attached hydrogens (tertiary/aromatic N) is 1. The molecule has 7 heteroatoms. The van der Waals surface area contributed by atoms with Gasteiger partial charge in [-0.2, -0.15) is 5.26 Å². The van der Waals surface area contributed by atoms with Gasteiger partial charge < -0.3 is 14.8 Å². The molecule has 28 heavy (non-hydrogen) atoms. The Hall–Kier alpha value is -2.86. The first-order valence-corrected chi connectivity index (χ1v) is 9.41. The van der Waals surface area contributed by atoms with Crippen LogP contribution in [0.25, 0.3) is 6.08 Å². The lowest BCUT2D eigenvalue weighted by Gasteiger charge is -2.09. The molecule has 0 heterocycles. The van der Waals surface area contributed by atoms with Crippen molar-refractivity contribution in [3.05, 3.63) is 62.2 Å². The number of benzene rings is 2. The van der Waals surface area contributed by atoms with Crippen LogP contribution in [0.3, 0.4) is 0 Å². The second-order valence-electron chi connectivity index (χ2n) is 5.98. The zero-order valence-electron chi connectivity index (χ0n) is 15.7. The van der Waals surface area contributed by atoms with Gasteiger partial charge in [-0.25, -0.2) is 4.79 Å². The van der Waals surface area contributed by atoms with Gasteiger partial charge in [-0.3, -0.25) is 4.79 Å². The van der Waals surface area contributed by atoms with Crippen molar-refractivity contribution in [2.45, 2.75) is 13.8 Å². The summed E-state index contributed by atoms with van der Waals surface area (Å²) in [4.78, 5) is 23.6. The number of aryl methyl sites for hydroxylation is 2. The number of ether oxygens (including phenoxy) is 2. The molecule has 0 atom stereocenters. The molecule has 0 aliphatic carbocycles. The number of carbonyl (C=O) groups is 2. The Bertz CT molecular complexity index is 977. The molecule has 0 aliphatic rings. The van der Waals surface area contributed by atoms with E-state index in [4.69, 9.17) is 4.74 Å². The summed E-state index contributed by atoms with van der Waals surface area (Å²) in [6.07, 6.45) is 1.50. The molecule has 0 bridgehead atoms. The summed E-state index contributed by atoms with van der Waals surface area (Å²) >= 11 is 2.06. The number of carbonyl (C=O) groups excluding carboxylic acids is 2. The van der Waals surface area contributed by atoms with Crippen molar-refractivity contribution in [3.8, 4) is 11.8 Å². The molecule has 1 N–H and O–H groups in total. The quantitative estimate of drug-likeness (QED) is 0.286. The van der Waals surface area contributed by atoms with Crippen molar-refractivity contribution in [3.63, 3.8) is 0 Å². The van der Waals surface area contributed by atoms with Crippen molar-refractivity contribution < 1.29 is 19.1 Å². The number of nitrogens with one attached hydrogen (secondary N) is 1. The number of anilines is 1. The van der Waals surface area contributed by atoms with Crippen LogP contribution in [-0.2, 0) is 14.3 Å². The minimum absolute atomic E-state index is 0.0164. The molecule has 0 unspecified atom stereocenters. The fraction of sp³-hybridized carbons (Fsp3) is 0.190. The van der Waals surface area contributed by atoms with Crippen LogP contribution in [0.2, 0.25) is 0 Å². The van der Waals surface area contributed by atoms with Gasteiger partial charge in [0.1, 0.15) is 17.4 Å². The Balaban J connectivity index is 2.15. The van der Waals surface area contributed by atoms with Gasteiger partial charge in [-0.15, -0.1) is 0 Å². The Kier molecular flexibility index (Phi) is 7.58. The number of methoxy groups -OCH3 is 1. The first-order chi connectivity index (χ1) is 13.3. The van der Waals surface area contributed by atoms with Gasteiger partial charge in [0.15, 0.2) is 6.61 Å². The van der Waals surface area contributed by atoms with Crippen LogP contribution in [0, 0.1) is 28.7 Å². The normalized spacial score (nSPS) is 10.8. The molecule has 2 aromatic carbocycles. The summed E-state index contributed by atoms with van der Waals surface area (Å²) in [6, 6.07) is 12.6. The molecule has 1 amide bonds. The zero-order valence-corrected chi connectivity index (χ0v) is 17.9. The lowest BCUT2D eigenvalue weighted by atomic mass is 10.1. The largest absolute Gasteiger partial charge is 0.481 e. The Labute approximate surface area is 177 Å². The van der Waals surface area contributed by atoms with E-state index >= 15 is 0 Å². The minimum Gasteiger partial charge on any atom is -0.481 e. The van der Waals surface area contributed by atoms with Gasteiger partial charge >= 0.3 is 5.97 Å². The molecule has 0 fully saturated rings. The van der Waals surface area contributed by atoms with Crippen molar-refractivity contribution in [2.24, 2.45) is 0 Å². The SMILES string of the molecule is COC(=O)COc1ccc(/C=C(\C#N)C(=O)Nc2ccc(C)c(C)c2)cc1I. The van der Waals surface area contributed by atoms with Crippen molar-refractivity contribution >= 4 is 46.2 Å². The van der Waals surface area contributed by atoms with Gasteiger partial charge in [0, 0.05) is 5.69 Å². The van der Waals surface area contributed by atoms with Gasteiger partial charge in [0.2, 0.25) is 0 Å². The average Bonchev–Trinajstić information content (AvgIpc) is 2.67. The maximum Gasteiger partial charge on any atom is 0.343 e. The Morgan fingerprint density at radius 3 is 2.54 bits per heavy atom. The molecule has 0 spiro atoms. The highest BCUT2D eigenvalue weighted by atomic mass is 127. The number of hydrogen-bond acceptors (Lipinski definition) is 5.